The van der Waals surface area contributed by atoms with Gasteiger partial charge in [0.2, 0.25) is 0 Å². The molecule has 1 aromatic rings. The highest BCUT2D eigenvalue weighted by Crippen LogP contribution is 2.33. The molecule has 116 valence electrons. The lowest BCUT2D eigenvalue weighted by Gasteiger charge is -2.35. The van der Waals surface area contributed by atoms with Crippen molar-refractivity contribution >= 4 is 39.6 Å². The van der Waals surface area contributed by atoms with E-state index in [4.69, 9.17) is 17.0 Å². The van der Waals surface area contributed by atoms with Crippen molar-refractivity contribution in [1.29, 1.82) is 0 Å². The summed E-state index contributed by atoms with van der Waals surface area (Å²) >= 11 is 7.09. The van der Waals surface area contributed by atoms with Crippen molar-refractivity contribution in [2.45, 2.75) is 46.1 Å². The van der Waals surface area contributed by atoms with Crippen LogP contribution >= 0.6 is 23.6 Å². The molecule has 0 amide bonds. The van der Waals surface area contributed by atoms with Gasteiger partial charge in [0.15, 0.2) is 5.11 Å². The van der Waals surface area contributed by atoms with Gasteiger partial charge in [-0.3, -0.25) is 0 Å². The number of rotatable bonds is 2. The van der Waals surface area contributed by atoms with Crippen molar-refractivity contribution in [2.24, 2.45) is 0 Å². The Kier molecular flexibility index (Phi) is 5.22. The van der Waals surface area contributed by atoms with Gasteiger partial charge in [-0.25, -0.2) is 4.79 Å². The van der Waals surface area contributed by atoms with E-state index >= 15 is 0 Å². The van der Waals surface area contributed by atoms with Gasteiger partial charge in [-0.1, -0.05) is 0 Å². The number of hydrogen-bond acceptors (Lipinski definition) is 4. The van der Waals surface area contributed by atoms with E-state index in [0.29, 0.717) is 16.7 Å². The zero-order valence-corrected chi connectivity index (χ0v) is 14.6. The Bertz CT molecular complexity index is 554. The van der Waals surface area contributed by atoms with Gasteiger partial charge in [-0.15, -0.1) is 11.3 Å². The number of hydrogen-bond donors (Lipinski definition) is 1. The Hall–Kier alpha value is -1.14. The molecule has 1 atom stereocenters. The minimum absolute atomic E-state index is 0.311. The van der Waals surface area contributed by atoms with Crippen LogP contribution in [0, 0.1) is 13.8 Å². The van der Waals surface area contributed by atoms with Crippen molar-refractivity contribution in [3.05, 3.63) is 16.0 Å². The summed E-state index contributed by atoms with van der Waals surface area (Å²) in [4.78, 5) is 15.3. The van der Waals surface area contributed by atoms with Crippen LogP contribution in [0.2, 0.25) is 0 Å². The van der Waals surface area contributed by atoms with Crippen LogP contribution in [0.1, 0.15) is 47.0 Å². The molecule has 2 rings (SSSR count). The molecule has 2 heterocycles. The standard InChI is InChI=1S/C15H22N2O2S2/c1-9-7-5-6-8-17(9)15(20)16-13-12(14(18)19-4)10(2)11(3)21-13/h9H,5-8H2,1-4H3,(H,16,20)/t9-/m1/s1. The molecule has 0 spiro atoms. The zero-order chi connectivity index (χ0) is 15.6. The maximum atomic E-state index is 12.0. The maximum Gasteiger partial charge on any atom is 0.341 e. The third-order valence-corrected chi connectivity index (χ3v) is 5.52. The first-order valence-corrected chi connectivity index (χ1v) is 8.44. The highest BCUT2D eigenvalue weighted by atomic mass is 32.1. The van der Waals surface area contributed by atoms with Gasteiger partial charge in [-0.05, 0) is 57.8 Å². The van der Waals surface area contributed by atoms with Crippen molar-refractivity contribution in [3.8, 4) is 0 Å². The Morgan fingerprint density at radius 2 is 2.14 bits per heavy atom. The van der Waals surface area contributed by atoms with E-state index < -0.39 is 0 Å². The molecule has 0 bridgehead atoms. The van der Waals surface area contributed by atoms with Crippen LogP contribution in [0.4, 0.5) is 5.00 Å². The van der Waals surface area contributed by atoms with E-state index in [1.807, 2.05) is 13.8 Å². The Morgan fingerprint density at radius 1 is 1.43 bits per heavy atom. The van der Waals surface area contributed by atoms with Crippen LogP contribution in [0.25, 0.3) is 0 Å². The number of thiophene rings is 1. The van der Waals surface area contributed by atoms with Crippen molar-refractivity contribution in [1.82, 2.24) is 4.90 Å². The summed E-state index contributed by atoms with van der Waals surface area (Å²) in [5.41, 5.74) is 1.57. The molecule has 1 aliphatic rings. The van der Waals surface area contributed by atoms with Crippen molar-refractivity contribution in [3.63, 3.8) is 0 Å². The fourth-order valence-corrected chi connectivity index (χ4v) is 4.12. The van der Waals surface area contributed by atoms with Crippen LogP contribution in [-0.2, 0) is 4.74 Å². The van der Waals surface area contributed by atoms with Crippen molar-refractivity contribution < 1.29 is 9.53 Å². The summed E-state index contributed by atoms with van der Waals surface area (Å²) in [5.74, 6) is -0.311. The quantitative estimate of drug-likeness (QED) is 0.662. The maximum absolute atomic E-state index is 12.0. The topological polar surface area (TPSA) is 41.6 Å². The first-order valence-electron chi connectivity index (χ1n) is 7.21. The molecule has 1 saturated heterocycles. The molecule has 0 aromatic carbocycles. The molecule has 1 N–H and O–H groups in total. The molecule has 4 nitrogen and oxygen atoms in total. The van der Waals surface area contributed by atoms with E-state index in [1.54, 1.807) is 11.3 Å². The van der Waals surface area contributed by atoms with Crippen LogP contribution in [0.5, 0.6) is 0 Å². The average molecular weight is 326 g/mol. The average Bonchev–Trinajstić information content (AvgIpc) is 2.73. The summed E-state index contributed by atoms with van der Waals surface area (Å²) in [7, 11) is 1.41. The van der Waals surface area contributed by atoms with Gasteiger partial charge in [-0.2, -0.15) is 0 Å². The van der Waals surface area contributed by atoms with Crippen LogP contribution in [0.15, 0.2) is 0 Å². The van der Waals surface area contributed by atoms with Crippen molar-refractivity contribution in [2.75, 3.05) is 19.0 Å². The molecule has 0 unspecified atom stereocenters. The van der Waals surface area contributed by atoms with Gasteiger partial charge in [0.05, 0.1) is 12.7 Å². The second kappa shape index (κ2) is 6.75. The predicted octanol–water partition coefficient (Wildman–Crippen LogP) is 3.72. The number of anilines is 1. The van der Waals surface area contributed by atoms with Crippen LogP contribution < -0.4 is 5.32 Å². The number of likely N-dealkylation sites (tertiary alicyclic amines) is 1. The number of piperidine rings is 1. The van der Waals surface area contributed by atoms with E-state index in [9.17, 15) is 4.79 Å². The summed E-state index contributed by atoms with van der Waals surface area (Å²) < 4.78 is 4.89. The van der Waals surface area contributed by atoms with Gasteiger partial charge >= 0.3 is 5.97 Å². The van der Waals surface area contributed by atoms with Gasteiger partial charge in [0.25, 0.3) is 0 Å². The number of thiocarbonyl (C=S) groups is 1. The lowest BCUT2D eigenvalue weighted by atomic mass is 10.0. The number of ether oxygens (including phenoxy) is 1. The number of carbonyl (C=O) groups excluding carboxylic acids is 1. The molecular weight excluding hydrogens is 304 g/mol. The third kappa shape index (κ3) is 3.37. The minimum Gasteiger partial charge on any atom is -0.465 e. The molecule has 6 heteroatoms. The highest BCUT2D eigenvalue weighted by Gasteiger charge is 2.24. The third-order valence-electron chi connectivity index (χ3n) is 4.06. The van der Waals surface area contributed by atoms with E-state index in [-0.39, 0.29) is 5.97 Å². The summed E-state index contributed by atoms with van der Waals surface area (Å²) in [6.45, 7) is 7.11. The SMILES string of the molecule is COC(=O)c1c(NC(=S)N2CCCC[C@H]2C)sc(C)c1C. The molecule has 1 aromatic heterocycles. The number of methoxy groups -OCH3 is 1. The number of esters is 1. The largest absolute Gasteiger partial charge is 0.465 e. The van der Waals surface area contributed by atoms with E-state index in [0.717, 1.165) is 28.4 Å². The molecule has 0 aliphatic carbocycles. The Labute approximate surface area is 135 Å². The minimum atomic E-state index is -0.311. The monoisotopic (exact) mass is 326 g/mol. The number of carbonyl (C=O) groups is 1. The van der Waals surface area contributed by atoms with Gasteiger partial charge in [0, 0.05) is 17.5 Å². The second-order valence-electron chi connectivity index (χ2n) is 5.45. The first-order chi connectivity index (χ1) is 9.95. The zero-order valence-electron chi connectivity index (χ0n) is 13.0. The summed E-state index contributed by atoms with van der Waals surface area (Å²) in [6, 6.07) is 0.447. The molecule has 1 fully saturated rings. The number of nitrogens with zero attached hydrogens (tertiary/aromatic N) is 1. The molecular formula is C15H22N2O2S2. The summed E-state index contributed by atoms with van der Waals surface area (Å²) in [6.07, 6.45) is 3.58. The fourth-order valence-electron chi connectivity index (χ4n) is 2.63. The first kappa shape index (κ1) is 16.2. The van der Waals surface area contributed by atoms with E-state index in [1.165, 1.54) is 20.0 Å². The number of nitrogens with one attached hydrogen (secondary N) is 1. The highest BCUT2D eigenvalue weighted by molar-refractivity contribution is 7.80. The lowest BCUT2D eigenvalue weighted by molar-refractivity contribution is 0.0601. The fraction of sp³-hybridized carbons (Fsp3) is 0.600. The molecule has 1 aliphatic heterocycles. The lowest BCUT2D eigenvalue weighted by Crippen LogP contribution is -2.44. The smallest absolute Gasteiger partial charge is 0.341 e. The normalized spacial score (nSPS) is 18.5. The second-order valence-corrected chi connectivity index (χ2v) is 7.06. The molecule has 0 saturated carbocycles. The van der Waals surface area contributed by atoms with Crippen LogP contribution in [0.3, 0.4) is 0 Å². The number of aryl methyl sites for hydroxylation is 1. The van der Waals surface area contributed by atoms with Gasteiger partial charge < -0.3 is 15.0 Å². The Balaban J connectivity index is 2.21. The van der Waals surface area contributed by atoms with Gasteiger partial charge in [0.1, 0.15) is 5.00 Å². The molecule has 0 radical (unpaired) electrons. The molecule has 21 heavy (non-hydrogen) atoms. The predicted molar refractivity (Wildman–Crippen MR) is 91.4 cm³/mol. The van der Waals surface area contributed by atoms with E-state index in [2.05, 4.69) is 17.1 Å². The summed E-state index contributed by atoms with van der Waals surface area (Å²) in [5, 5.41) is 4.76. The Morgan fingerprint density at radius 3 is 2.76 bits per heavy atom. The van der Waals surface area contributed by atoms with Crippen LogP contribution in [-0.4, -0.2) is 35.7 Å².